The Hall–Kier alpha value is -2.25. The van der Waals surface area contributed by atoms with E-state index in [1.54, 1.807) is 0 Å². The number of nitrogens with zero attached hydrogens (tertiary/aromatic N) is 3. The molecule has 1 aromatic carbocycles. The van der Waals surface area contributed by atoms with Gasteiger partial charge < -0.3 is 10.2 Å². The molecule has 2 aromatic rings. The zero-order chi connectivity index (χ0) is 23.3. The number of carbonyl (C=O) groups is 2. The molecule has 3 aliphatic heterocycles. The van der Waals surface area contributed by atoms with E-state index >= 15 is 0 Å². The molecule has 2 atom stereocenters. The number of amides is 2. The Balaban J connectivity index is 1.13. The van der Waals surface area contributed by atoms with Crippen molar-refractivity contribution in [2.75, 3.05) is 26.2 Å². The number of likely N-dealkylation sites (tertiary alicyclic amines) is 1. The highest BCUT2D eigenvalue weighted by Crippen LogP contribution is 2.47. The van der Waals surface area contributed by atoms with Crippen LogP contribution in [0.5, 0.6) is 0 Å². The SMILES string of the molecule is Cn1nc(C2CCC(=O)NC2=O)c2ccc(C3CCN(C4CCC5(CCNCC5)C4)CC3)cc21. The molecule has 0 radical (unpaired) electrons. The van der Waals surface area contributed by atoms with Crippen LogP contribution in [-0.4, -0.2) is 58.7 Å². The number of hydrogen-bond acceptors (Lipinski definition) is 5. The third-order valence-corrected chi connectivity index (χ3v) is 9.33. The molecule has 1 spiro atoms. The normalized spacial score (nSPS) is 28.6. The molecule has 4 heterocycles. The van der Waals surface area contributed by atoms with Crippen molar-refractivity contribution in [1.82, 2.24) is 25.3 Å². The second kappa shape index (κ2) is 8.76. The number of hydrogen-bond donors (Lipinski definition) is 2. The van der Waals surface area contributed by atoms with Crippen LogP contribution < -0.4 is 10.6 Å². The molecule has 7 nitrogen and oxygen atoms in total. The fraction of sp³-hybridized carbons (Fsp3) is 0.667. The summed E-state index contributed by atoms with van der Waals surface area (Å²) in [6.45, 7) is 4.82. The highest BCUT2D eigenvalue weighted by atomic mass is 16.2. The predicted molar refractivity (Wildman–Crippen MR) is 132 cm³/mol. The predicted octanol–water partition coefficient (Wildman–Crippen LogP) is 3.20. The monoisotopic (exact) mass is 463 g/mol. The maximum Gasteiger partial charge on any atom is 0.235 e. The van der Waals surface area contributed by atoms with E-state index in [1.165, 1.54) is 76.7 Å². The quantitative estimate of drug-likeness (QED) is 0.684. The Labute approximate surface area is 201 Å². The summed E-state index contributed by atoms with van der Waals surface area (Å²) in [5, 5.41) is 11.8. The van der Waals surface area contributed by atoms with Crippen LogP contribution in [0.2, 0.25) is 0 Å². The average Bonchev–Trinajstić information content (AvgIpc) is 3.40. The Bertz CT molecular complexity index is 1090. The summed E-state index contributed by atoms with van der Waals surface area (Å²) in [5.41, 5.74) is 3.91. The Kier molecular flexibility index (Phi) is 5.72. The van der Waals surface area contributed by atoms with E-state index in [1.807, 2.05) is 11.7 Å². The van der Waals surface area contributed by atoms with Crippen molar-refractivity contribution in [1.29, 1.82) is 0 Å². The van der Waals surface area contributed by atoms with Crippen LogP contribution >= 0.6 is 0 Å². The van der Waals surface area contributed by atoms with Gasteiger partial charge in [0, 0.05) is 24.9 Å². The second-order valence-corrected chi connectivity index (χ2v) is 11.2. The molecule has 1 aliphatic carbocycles. The molecule has 3 saturated heterocycles. The van der Waals surface area contributed by atoms with Crippen LogP contribution in [0.1, 0.15) is 80.9 Å². The molecule has 34 heavy (non-hydrogen) atoms. The van der Waals surface area contributed by atoms with Gasteiger partial charge in [0.25, 0.3) is 0 Å². The second-order valence-electron chi connectivity index (χ2n) is 11.2. The molecule has 6 rings (SSSR count). The molecule has 182 valence electrons. The van der Waals surface area contributed by atoms with E-state index in [4.69, 9.17) is 5.10 Å². The van der Waals surface area contributed by atoms with Gasteiger partial charge in [-0.15, -0.1) is 0 Å². The first-order valence-corrected chi connectivity index (χ1v) is 13.3. The number of rotatable bonds is 3. The molecule has 2 N–H and O–H groups in total. The van der Waals surface area contributed by atoms with E-state index in [0.717, 1.165) is 22.6 Å². The summed E-state index contributed by atoms with van der Waals surface area (Å²) in [4.78, 5) is 26.8. The van der Waals surface area contributed by atoms with Crippen LogP contribution in [0, 0.1) is 5.41 Å². The zero-order valence-electron chi connectivity index (χ0n) is 20.3. The molecule has 2 amide bonds. The topological polar surface area (TPSA) is 79.3 Å². The maximum absolute atomic E-state index is 12.4. The fourth-order valence-corrected chi connectivity index (χ4v) is 7.27. The highest BCUT2D eigenvalue weighted by molar-refractivity contribution is 6.02. The zero-order valence-corrected chi connectivity index (χ0v) is 20.3. The van der Waals surface area contributed by atoms with Crippen LogP contribution in [-0.2, 0) is 16.6 Å². The molecule has 4 fully saturated rings. The fourth-order valence-electron chi connectivity index (χ4n) is 7.27. The van der Waals surface area contributed by atoms with E-state index in [2.05, 4.69) is 33.7 Å². The first-order valence-electron chi connectivity index (χ1n) is 13.3. The first kappa shape index (κ1) is 22.2. The Morgan fingerprint density at radius 2 is 1.82 bits per heavy atom. The minimum atomic E-state index is -0.342. The summed E-state index contributed by atoms with van der Waals surface area (Å²) in [7, 11) is 1.96. The molecule has 1 aromatic heterocycles. The molecule has 0 bridgehead atoms. The largest absolute Gasteiger partial charge is 0.317 e. The van der Waals surface area contributed by atoms with Gasteiger partial charge in [-0.1, -0.05) is 12.1 Å². The van der Waals surface area contributed by atoms with Crippen LogP contribution in [0.4, 0.5) is 0 Å². The van der Waals surface area contributed by atoms with E-state index in [-0.39, 0.29) is 17.7 Å². The summed E-state index contributed by atoms with van der Waals surface area (Å²) in [6, 6.07) is 7.48. The van der Waals surface area contributed by atoms with Gasteiger partial charge in [0.15, 0.2) is 0 Å². The van der Waals surface area contributed by atoms with Gasteiger partial charge in [-0.3, -0.25) is 19.6 Å². The average molecular weight is 464 g/mol. The van der Waals surface area contributed by atoms with Gasteiger partial charge in [-0.05, 0) is 101 Å². The first-order chi connectivity index (χ1) is 16.5. The van der Waals surface area contributed by atoms with Gasteiger partial charge in [0.1, 0.15) is 0 Å². The van der Waals surface area contributed by atoms with Gasteiger partial charge >= 0.3 is 0 Å². The lowest BCUT2D eigenvalue weighted by atomic mass is 9.77. The van der Waals surface area contributed by atoms with Crippen molar-refractivity contribution in [3.63, 3.8) is 0 Å². The molecule has 2 unspecified atom stereocenters. The van der Waals surface area contributed by atoms with Crippen molar-refractivity contribution in [3.05, 3.63) is 29.5 Å². The molecule has 1 saturated carbocycles. The number of fused-ring (bicyclic) bond motifs is 1. The highest BCUT2D eigenvalue weighted by Gasteiger charge is 2.42. The number of nitrogens with one attached hydrogen (secondary N) is 2. The maximum atomic E-state index is 12.4. The molecular formula is C27H37N5O2. The molecule has 7 heteroatoms. The number of piperidine rings is 3. The number of aryl methyl sites for hydroxylation is 1. The van der Waals surface area contributed by atoms with E-state index in [0.29, 0.717) is 24.2 Å². The number of aromatic nitrogens is 2. The van der Waals surface area contributed by atoms with Crippen molar-refractivity contribution >= 4 is 22.7 Å². The van der Waals surface area contributed by atoms with Crippen LogP contribution in [0.3, 0.4) is 0 Å². The molecule has 4 aliphatic rings. The Morgan fingerprint density at radius 1 is 1.03 bits per heavy atom. The van der Waals surface area contributed by atoms with Gasteiger partial charge in [0.2, 0.25) is 11.8 Å². The smallest absolute Gasteiger partial charge is 0.235 e. The number of benzene rings is 1. The Morgan fingerprint density at radius 3 is 2.59 bits per heavy atom. The molecular weight excluding hydrogens is 426 g/mol. The van der Waals surface area contributed by atoms with E-state index < -0.39 is 0 Å². The minimum Gasteiger partial charge on any atom is -0.317 e. The van der Waals surface area contributed by atoms with E-state index in [9.17, 15) is 9.59 Å². The summed E-state index contributed by atoms with van der Waals surface area (Å²) >= 11 is 0. The number of imide groups is 1. The standard InChI is InChI=1S/C27H37N5O2/c1-31-23-16-19(2-3-21(23)25(30-31)22-4-5-24(33)29-26(22)34)18-7-14-32(15-8-18)20-6-9-27(17-20)10-12-28-13-11-27/h2-3,16,18,20,22,28H,4-15,17H2,1H3,(H,29,33,34). The number of carbonyl (C=O) groups excluding carboxylic acids is 2. The van der Waals surface area contributed by atoms with Crippen molar-refractivity contribution < 1.29 is 9.59 Å². The van der Waals surface area contributed by atoms with Gasteiger partial charge in [-0.25, -0.2) is 0 Å². The lowest BCUT2D eigenvalue weighted by molar-refractivity contribution is -0.134. The van der Waals surface area contributed by atoms with Crippen molar-refractivity contribution in [3.8, 4) is 0 Å². The third-order valence-electron chi connectivity index (χ3n) is 9.33. The minimum absolute atomic E-state index is 0.182. The van der Waals surface area contributed by atoms with Crippen molar-refractivity contribution in [2.45, 2.75) is 75.7 Å². The summed E-state index contributed by atoms with van der Waals surface area (Å²) in [5.74, 6) is -0.154. The van der Waals surface area contributed by atoms with Gasteiger partial charge in [0.05, 0.1) is 17.1 Å². The summed E-state index contributed by atoms with van der Waals surface area (Å²) < 4.78 is 1.91. The van der Waals surface area contributed by atoms with Crippen molar-refractivity contribution in [2.24, 2.45) is 12.5 Å². The summed E-state index contributed by atoms with van der Waals surface area (Å²) in [6.07, 6.45) is 10.3. The third kappa shape index (κ3) is 3.97. The van der Waals surface area contributed by atoms with Crippen LogP contribution in [0.25, 0.3) is 10.9 Å². The van der Waals surface area contributed by atoms with Crippen LogP contribution in [0.15, 0.2) is 18.2 Å². The lowest BCUT2D eigenvalue weighted by Crippen LogP contribution is -2.41. The van der Waals surface area contributed by atoms with Gasteiger partial charge in [-0.2, -0.15) is 5.10 Å². The lowest BCUT2D eigenvalue weighted by Gasteiger charge is -2.38.